The summed E-state index contributed by atoms with van der Waals surface area (Å²) in [6.45, 7) is 3.55. The molecule has 5 rings (SSSR count). The summed E-state index contributed by atoms with van der Waals surface area (Å²) in [6, 6.07) is 33.9. The van der Waals surface area contributed by atoms with Crippen molar-refractivity contribution in [3.8, 4) is 0 Å². The molecule has 0 spiro atoms. The molecule has 46 heavy (non-hydrogen) atoms. The molecule has 0 bridgehead atoms. The summed E-state index contributed by atoms with van der Waals surface area (Å²) in [5, 5.41) is 19.2. The van der Waals surface area contributed by atoms with Gasteiger partial charge in [-0.2, -0.15) is 0 Å². The number of hydrogen-bond donors (Lipinski definition) is 4. The maximum atomic E-state index is 13.6. The number of amides is 3. The predicted molar refractivity (Wildman–Crippen MR) is 183 cm³/mol. The van der Waals surface area contributed by atoms with Gasteiger partial charge in [0.1, 0.15) is 5.70 Å². The highest BCUT2D eigenvalue weighted by molar-refractivity contribution is 8.00. The molecular formula is C37H31N3O5S. The lowest BCUT2D eigenvalue weighted by molar-refractivity contribution is -0.115. The number of hydrogen-bond acceptors (Lipinski definition) is 5. The normalized spacial score (nSPS) is 11.8. The van der Waals surface area contributed by atoms with E-state index >= 15 is 0 Å². The molecule has 0 saturated heterocycles. The highest BCUT2D eigenvalue weighted by atomic mass is 32.2. The van der Waals surface area contributed by atoms with Crippen LogP contribution in [0.3, 0.4) is 0 Å². The molecule has 230 valence electrons. The monoisotopic (exact) mass is 629 g/mol. The molecule has 0 aliphatic heterocycles. The third-order valence-electron chi connectivity index (χ3n) is 7.19. The number of nitrogens with one attached hydrogen (secondary N) is 3. The molecule has 4 N–H and O–H groups in total. The van der Waals surface area contributed by atoms with Crippen molar-refractivity contribution in [3.05, 3.63) is 143 Å². The fourth-order valence-corrected chi connectivity index (χ4v) is 5.54. The van der Waals surface area contributed by atoms with Gasteiger partial charge in [-0.05, 0) is 90.4 Å². The first kappa shape index (κ1) is 31.7. The van der Waals surface area contributed by atoms with Gasteiger partial charge in [0, 0.05) is 21.8 Å². The third-order valence-corrected chi connectivity index (χ3v) is 8.30. The summed E-state index contributed by atoms with van der Waals surface area (Å²) in [5.74, 6) is -2.25. The molecule has 0 fully saturated rings. The number of carboxylic acids is 1. The Bertz CT molecular complexity index is 1950. The maximum absolute atomic E-state index is 13.6. The highest BCUT2D eigenvalue weighted by Gasteiger charge is 2.18. The molecule has 8 nitrogen and oxygen atoms in total. The van der Waals surface area contributed by atoms with Crippen LogP contribution in [-0.4, -0.2) is 34.0 Å². The van der Waals surface area contributed by atoms with E-state index in [1.807, 2.05) is 48.5 Å². The van der Waals surface area contributed by atoms with Crippen molar-refractivity contribution in [3.63, 3.8) is 0 Å². The number of aryl methyl sites for hydroxylation is 1. The van der Waals surface area contributed by atoms with Gasteiger partial charge >= 0.3 is 5.97 Å². The van der Waals surface area contributed by atoms with Crippen LogP contribution in [-0.2, 0) is 9.59 Å². The molecule has 9 heteroatoms. The van der Waals surface area contributed by atoms with E-state index in [1.165, 1.54) is 23.9 Å². The molecular weight excluding hydrogens is 598 g/mol. The zero-order valence-electron chi connectivity index (χ0n) is 25.1. The number of thioether (sulfide) groups is 1. The summed E-state index contributed by atoms with van der Waals surface area (Å²) < 4.78 is 0. The van der Waals surface area contributed by atoms with Crippen molar-refractivity contribution in [2.24, 2.45) is 0 Å². The molecule has 0 aliphatic carbocycles. The average molecular weight is 630 g/mol. The van der Waals surface area contributed by atoms with Crippen LogP contribution in [0.15, 0.2) is 126 Å². The first-order valence-corrected chi connectivity index (χ1v) is 15.3. The molecule has 0 radical (unpaired) electrons. The summed E-state index contributed by atoms with van der Waals surface area (Å²) in [7, 11) is 0. The molecule has 0 heterocycles. The van der Waals surface area contributed by atoms with Crippen molar-refractivity contribution < 1.29 is 24.3 Å². The van der Waals surface area contributed by atoms with E-state index < -0.39 is 23.0 Å². The van der Waals surface area contributed by atoms with Gasteiger partial charge in [-0.1, -0.05) is 66.7 Å². The number of carbonyl (C=O) groups excluding carboxylic acids is 3. The van der Waals surface area contributed by atoms with E-state index in [-0.39, 0.29) is 17.2 Å². The van der Waals surface area contributed by atoms with E-state index in [2.05, 4.69) is 16.0 Å². The van der Waals surface area contributed by atoms with Crippen molar-refractivity contribution in [1.29, 1.82) is 0 Å². The molecule has 0 aromatic heterocycles. The smallest absolute Gasteiger partial charge is 0.335 e. The quantitative estimate of drug-likeness (QED) is 0.0944. The van der Waals surface area contributed by atoms with E-state index in [0.29, 0.717) is 16.9 Å². The molecule has 5 aromatic rings. The van der Waals surface area contributed by atoms with Gasteiger partial charge < -0.3 is 21.1 Å². The van der Waals surface area contributed by atoms with Crippen LogP contribution in [0.2, 0.25) is 0 Å². The zero-order valence-corrected chi connectivity index (χ0v) is 25.9. The number of fused-ring (bicyclic) bond motifs is 1. The van der Waals surface area contributed by atoms with Crippen LogP contribution in [0.25, 0.3) is 16.8 Å². The lowest BCUT2D eigenvalue weighted by Crippen LogP contribution is -2.30. The fourth-order valence-electron chi connectivity index (χ4n) is 4.67. The zero-order chi connectivity index (χ0) is 32.6. The summed E-state index contributed by atoms with van der Waals surface area (Å²) in [4.78, 5) is 51.6. The largest absolute Gasteiger partial charge is 0.478 e. The Balaban J connectivity index is 1.30. The standard InChI is InChI=1S/C37H31N3O5S/c1-23-15-16-28(37(44)45)22-32(23)39-34(41)24(2)46-30-19-17-29(18-20-30)38-36(43)33(40-35(42)26-10-4-3-5-11-26)21-27-13-8-12-25-9-6-7-14-31(25)27/h3-22,24H,1-2H3,(H,38,43)(H,39,41)(H,40,42)(H,44,45)/b33-21-. The molecule has 1 unspecified atom stereocenters. The van der Waals surface area contributed by atoms with Crippen molar-refractivity contribution >= 4 is 63.7 Å². The van der Waals surface area contributed by atoms with Gasteiger partial charge in [-0.15, -0.1) is 11.8 Å². The number of carbonyl (C=O) groups is 4. The van der Waals surface area contributed by atoms with Gasteiger partial charge in [0.05, 0.1) is 10.8 Å². The second kappa shape index (κ2) is 14.4. The summed E-state index contributed by atoms with van der Waals surface area (Å²) in [5.41, 5.74) is 3.07. The van der Waals surface area contributed by atoms with Crippen LogP contribution in [0.4, 0.5) is 11.4 Å². The highest BCUT2D eigenvalue weighted by Crippen LogP contribution is 2.27. The second-order valence-corrected chi connectivity index (χ2v) is 11.9. The van der Waals surface area contributed by atoms with Crippen molar-refractivity contribution in [2.75, 3.05) is 10.6 Å². The van der Waals surface area contributed by atoms with Gasteiger partial charge in [0.2, 0.25) is 5.91 Å². The summed E-state index contributed by atoms with van der Waals surface area (Å²) >= 11 is 1.32. The molecule has 1 atom stereocenters. The predicted octanol–water partition coefficient (Wildman–Crippen LogP) is 7.38. The fraction of sp³-hybridized carbons (Fsp3) is 0.0811. The van der Waals surface area contributed by atoms with Crippen LogP contribution in [0.1, 0.15) is 38.8 Å². The van der Waals surface area contributed by atoms with Crippen molar-refractivity contribution in [1.82, 2.24) is 5.32 Å². The lowest BCUT2D eigenvalue weighted by atomic mass is 10.0. The minimum atomic E-state index is -1.07. The van der Waals surface area contributed by atoms with Crippen LogP contribution in [0.5, 0.6) is 0 Å². The summed E-state index contributed by atoms with van der Waals surface area (Å²) in [6.07, 6.45) is 1.66. The Kier molecular flexibility index (Phi) is 9.94. The topological polar surface area (TPSA) is 125 Å². The van der Waals surface area contributed by atoms with Crippen LogP contribution in [0, 0.1) is 6.92 Å². The number of aromatic carboxylic acids is 1. The minimum absolute atomic E-state index is 0.0798. The SMILES string of the molecule is Cc1ccc(C(=O)O)cc1NC(=O)C(C)Sc1ccc(NC(=O)/C(=C/c2cccc3ccccc23)NC(=O)c2ccccc2)cc1. The van der Waals surface area contributed by atoms with Gasteiger partial charge in [0.25, 0.3) is 11.8 Å². The Labute approximate surface area is 270 Å². The van der Waals surface area contributed by atoms with Crippen LogP contribution >= 0.6 is 11.8 Å². The van der Waals surface area contributed by atoms with E-state index in [0.717, 1.165) is 26.8 Å². The minimum Gasteiger partial charge on any atom is -0.478 e. The van der Waals surface area contributed by atoms with Gasteiger partial charge in [-0.3, -0.25) is 14.4 Å². The van der Waals surface area contributed by atoms with E-state index in [4.69, 9.17) is 0 Å². The Morgan fingerprint density at radius 1 is 0.761 bits per heavy atom. The maximum Gasteiger partial charge on any atom is 0.335 e. The average Bonchev–Trinajstić information content (AvgIpc) is 3.06. The molecule has 3 amide bonds. The molecule has 0 aliphatic rings. The Morgan fingerprint density at radius 3 is 2.20 bits per heavy atom. The molecule has 5 aromatic carbocycles. The lowest BCUT2D eigenvalue weighted by Gasteiger charge is -2.15. The van der Waals surface area contributed by atoms with Gasteiger partial charge in [0.15, 0.2) is 0 Å². The number of rotatable bonds is 10. The first-order valence-electron chi connectivity index (χ1n) is 14.5. The van der Waals surface area contributed by atoms with Crippen molar-refractivity contribution in [2.45, 2.75) is 24.0 Å². The van der Waals surface area contributed by atoms with Crippen LogP contribution < -0.4 is 16.0 Å². The Morgan fingerprint density at radius 2 is 1.46 bits per heavy atom. The first-order chi connectivity index (χ1) is 22.2. The number of benzene rings is 5. The van der Waals surface area contributed by atoms with E-state index in [9.17, 15) is 24.3 Å². The third kappa shape index (κ3) is 7.88. The van der Waals surface area contributed by atoms with Gasteiger partial charge in [-0.25, -0.2) is 4.79 Å². The molecule has 0 saturated carbocycles. The number of anilines is 2. The Hall–Kier alpha value is -5.67. The number of carboxylic acid groups (broad SMARTS) is 1. The van der Waals surface area contributed by atoms with E-state index in [1.54, 1.807) is 74.5 Å². The second-order valence-electron chi connectivity index (χ2n) is 10.5.